The van der Waals surface area contributed by atoms with Gasteiger partial charge in [-0.15, -0.1) is 0 Å². The van der Waals surface area contributed by atoms with Crippen LogP contribution in [0.4, 0.5) is 10.1 Å². The van der Waals surface area contributed by atoms with Crippen LogP contribution >= 0.6 is 11.6 Å². The third-order valence-corrected chi connectivity index (χ3v) is 4.25. The topological polar surface area (TPSA) is 64.6 Å². The van der Waals surface area contributed by atoms with E-state index in [4.69, 9.17) is 21.1 Å². The first-order valence-corrected chi connectivity index (χ1v) is 8.48. The van der Waals surface area contributed by atoms with Crippen LogP contribution in [0.15, 0.2) is 42.5 Å². The lowest BCUT2D eigenvalue weighted by Crippen LogP contribution is -2.36. The zero-order valence-corrected chi connectivity index (χ0v) is 14.8. The Bertz CT molecular complexity index is 842. The number of fused-ring (bicyclic) bond motifs is 1. The van der Waals surface area contributed by atoms with Gasteiger partial charge in [-0.3, -0.25) is 9.59 Å². The maximum Gasteiger partial charge on any atom is 0.313 e. The average molecular weight is 378 g/mol. The maximum atomic E-state index is 13.2. The van der Waals surface area contributed by atoms with Gasteiger partial charge in [0, 0.05) is 10.7 Å². The quantitative estimate of drug-likeness (QED) is 0.827. The van der Waals surface area contributed by atoms with E-state index in [1.807, 2.05) is 0 Å². The van der Waals surface area contributed by atoms with E-state index < -0.39 is 29.7 Å². The molecule has 1 aliphatic heterocycles. The Balaban J connectivity index is 1.58. The number of hydrogen-bond acceptors (Lipinski definition) is 4. The summed E-state index contributed by atoms with van der Waals surface area (Å²) in [5.74, 6) is -1.37. The lowest BCUT2D eigenvalue weighted by molar-refractivity contribution is -0.158. The predicted molar refractivity (Wildman–Crippen MR) is 94.7 cm³/mol. The van der Waals surface area contributed by atoms with Gasteiger partial charge in [0.15, 0.2) is 6.10 Å². The summed E-state index contributed by atoms with van der Waals surface area (Å²) in [5.41, 5.74) is 1.12. The zero-order chi connectivity index (χ0) is 18.7. The molecule has 0 radical (unpaired) electrons. The molecule has 0 aromatic heterocycles. The predicted octanol–water partition coefficient (Wildman–Crippen LogP) is 3.60. The van der Waals surface area contributed by atoms with E-state index in [0.717, 1.165) is 5.56 Å². The molecule has 0 spiro atoms. The van der Waals surface area contributed by atoms with Gasteiger partial charge in [0.25, 0.3) is 5.91 Å². The Labute approximate surface area is 155 Å². The highest BCUT2D eigenvalue weighted by Crippen LogP contribution is 2.30. The molecule has 0 aliphatic carbocycles. The molecular weight excluding hydrogens is 361 g/mol. The summed E-state index contributed by atoms with van der Waals surface area (Å²) in [6.07, 6.45) is -0.598. The van der Waals surface area contributed by atoms with Gasteiger partial charge < -0.3 is 14.8 Å². The molecule has 0 saturated heterocycles. The smallest absolute Gasteiger partial charge is 0.313 e. The summed E-state index contributed by atoms with van der Waals surface area (Å²) in [6, 6.07) is 10.7. The number of ether oxygens (including phenoxy) is 2. The van der Waals surface area contributed by atoms with Crippen molar-refractivity contribution in [2.45, 2.75) is 19.4 Å². The summed E-state index contributed by atoms with van der Waals surface area (Å²) in [4.78, 5) is 24.5. The van der Waals surface area contributed by atoms with Gasteiger partial charge in [0.1, 0.15) is 18.2 Å². The number of nitrogens with one attached hydrogen (secondary N) is 1. The Kier molecular flexibility index (Phi) is 5.42. The zero-order valence-electron chi connectivity index (χ0n) is 14.0. The molecular formula is C19H17ClFNO4. The van der Waals surface area contributed by atoms with Crippen molar-refractivity contribution in [3.05, 3.63) is 58.9 Å². The van der Waals surface area contributed by atoms with E-state index in [9.17, 15) is 14.0 Å². The van der Waals surface area contributed by atoms with Crippen molar-refractivity contribution < 1.29 is 23.5 Å². The molecule has 0 bridgehead atoms. The molecule has 2 aromatic carbocycles. The van der Waals surface area contributed by atoms with Gasteiger partial charge in [0.2, 0.25) is 0 Å². The number of halogens is 2. The number of amides is 1. The van der Waals surface area contributed by atoms with Crippen molar-refractivity contribution in [3.8, 4) is 5.75 Å². The molecule has 1 amide bonds. The van der Waals surface area contributed by atoms with Crippen molar-refractivity contribution in [2.24, 2.45) is 5.92 Å². The summed E-state index contributed by atoms with van der Waals surface area (Å²) in [7, 11) is 0. The molecule has 5 nitrogen and oxygen atoms in total. The number of carbonyl (C=O) groups is 2. The number of carbonyl (C=O) groups excluding carboxylic acids is 2. The van der Waals surface area contributed by atoms with E-state index in [2.05, 4.69) is 5.32 Å². The highest BCUT2D eigenvalue weighted by molar-refractivity contribution is 6.30. The van der Waals surface area contributed by atoms with E-state index in [1.54, 1.807) is 24.3 Å². The standard InChI is InChI=1S/C19H17ClFNO4/c1-11(18(23)22-16-4-2-3-15(21)9-16)26-19(24)13-7-12-8-14(20)5-6-17(12)25-10-13/h2-6,8-9,11,13H,7,10H2,1H3,(H,22,23)/t11-,13+/m1/s1. The van der Waals surface area contributed by atoms with Crippen LogP contribution in [0.1, 0.15) is 12.5 Å². The minimum absolute atomic E-state index is 0.172. The fraction of sp³-hybridized carbons (Fsp3) is 0.263. The SMILES string of the molecule is C[C@@H](OC(=O)[C@@H]1COc2ccc(Cl)cc2C1)C(=O)Nc1cccc(F)c1. The van der Waals surface area contributed by atoms with Crippen molar-refractivity contribution in [2.75, 3.05) is 11.9 Å². The summed E-state index contributed by atoms with van der Waals surface area (Å²) in [5, 5.41) is 3.07. The minimum Gasteiger partial charge on any atom is -0.492 e. The second-order valence-corrected chi connectivity index (χ2v) is 6.48. The summed E-state index contributed by atoms with van der Waals surface area (Å²) >= 11 is 5.97. The van der Waals surface area contributed by atoms with Crippen LogP contribution < -0.4 is 10.1 Å². The highest BCUT2D eigenvalue weighted by Gasteiger charge is 2.30. The molecule has 2 aromatic rings. The van der Waals surface area contributed by atoms with E-state index in [1.165, 1.54) is 25.1 Å². The lowest BCUT2D eigenvalue weighted by Gasteiger charge is -2.25. The first-order chi connectivity index (χ1) is 12.4. The highest BCUT2D eigenvalue weighted by atomic mass is 35.5. The van der Waals surface area contributed by atoms with E-state index in [0.29, 0.717) is 22.9 Å². The normalized spacial score (nSPS) is 16.8. The molecule has 3 rings (SSSR count). The average Bonchev–Trinajstić information content (AvgIpc) is 2.60. The molecule has 26 heavy (non-hydrogen) atoms. The van der Waals surface area contributed by atoms with Gasteiger partial charge in [-0.05, 0) is 55.3 Å². The van der Waals surface area contributed by atoms with Crippen molar-refractivity contribution in [1.29, 1.82) is 0 Å². The molecule has 136 valence electrons. The van der Waals surface area contributed by atoms with Crippen LogP contribution in [0.5, 0.6) is 5.75 Å². The van der Waals surface area contributed by atoms with Crippen LogP contribution in [0.3, 0.4) is 0 Å². The fourth-order valence-corrected chi connectivity index (χ4v) is 2.84. The Morgan fingerprint density at radius 2 is 2.12 bits per heavy atom. The molecule has 0 unspecified atom stereocenters. The van der Waals surface area contributed by atoms with Gasteiger partial charge >= 0.3 is 5.97 Å². The van der Waals surface area contributed by atoms with Crippen LogP contribution in [-0.4, -0.2) is 24.6 Å². The number of esters is 1. The second-order valence-electron chi connectivity index (χ2n) is 6.04. The first-order valence-electron chi connectivity index (χ1n) is 8.10. The number of anilines is 1. The molecule has 1 N–H and O–H groups in total. The molecule has 7 heteroatoms. The van der Waals surface area contributed by atoms with Crippen molar-refractivity contribution in [3.63, 3.8) is 0 Å². The van der Waals surface area contributed by atoms with Gasteiger partial charge in [-0.2, -0.15) is 0 Å². The monoisotopic (exact) mass is 377 g/mol. The molecule has 0 fully saturated rings. The van der Waals surface area contributed by atoms with Gasteiger partial charge in [-0.25, -0.2) is 4.39 Å². The van der Waals surface area contributed by atoms with Gasteiger partial charge in [-0.1, -0.05) is 17.7 Å². The number of rotatable bonds is 4. The Morgan fingerprint density at radius 3 is 2.88 bits per heavy atom. The third-order valence-electron chi connectivity index (χ3n) is 4.02. The summed E-state index contributed by atoms with van der Waals surface area (Å²) < 4.78 is 24.0. The van der Waals surface area contributed by atoms with E-state index in [-0.39, 0.29) is 6.61 Å². The van der Waals surface area contributed by atoms with Crippen molar-refractivity contribution >= 4 is 29.2 Å². The molecule has 1 aliphatic rings. The van der Waals surface area contributed by atoms with Crippen LogP contribution in [0.25, 0.3) is 0 Å². The maximum absolute atomic E-state index is 13.2. The summed E-state index contributed by atoms with van der Waals surface area (Å²) in [6.45, 7) is 1.63. The first kappa shape index (κ1) is 18.2. The van der Waals surface area contributed by atoms with Crippen molar-refractivity contribution in [1.82, 2.24) is 0 Å². The van der Waals surface area contributed by atoms with Crippen LogP contribution in [-0.2, 0) is 20.7 Å². The number of benzene rings is 2. The Hall–Kier alpha value is -2.60. The largest absolute Gasteiger partial charge is 0.492 e. The van der Waals surface area contributed by atoms with E-state index >= 15 is 0 Å². The van der Waals surface area contributed by atoms with Gasteiger partial charge in [0.05, 0.1) is 5.92 Å². The third kappa shape index (κ3) is 4.32. The second kappa shape index (κ2) is 7.74. The van der Waals surface area contributed by atoms with Crippen LogP contribution in [0.2, 0.25) is 5.02 Å². The molecule has 0 saturated carbocycles. The minimum atomic E-state index is -1.02. The fourth-order valence-electron chi connectivity index (χ4n) is 2.65. The Morgan fingerprint density at radius 1 is 1.31 bits per heavy atom. The van der Waals surface area contributed by atoms with Crippen LogP contribution in [0, 0.1) is 11.7 Å². The molecule has 2 atom stereocenters. The molecule has 1 heterocycles. The number of hydrogen-bond donors (Lipinski definition) is 1. The lowest BCUT2D eigenvalue weighted by atomic mass is 9.97.